The molecule has 1 heterocycles. The molecule has 0 aromatic carbocycles. The first kappa shape index (κ1) is 15.9. The normalized spacial score (nSPS) is 14.6. The lowest BCUT2D eigenvalue weighted by Crippen LogP contribution is -1.97. The van der Waals surface area contributed by atoms with E-state index in [2.05, 4.69) is 6.92 Å². The van der Waals surface area contributed by atoms with Crippen molar-refractivity contribution < 1.29 is 4.74 Å². The largest absolute Gasteiger partial charge is 0.381 e. The van der Waals surface area contributed by atoms with E-state index < -0.39 is 0 Å². The van der Waals surface area contributed by atoms with Gasteiger partial charge in [0.15, 0.2) is 0 Å². The first-order chi connectivity index (χ1) is 7.91. The van der Waals surface area contributed by atoms with Crippen LogP contribution in [0, 0.1) is 0 Å². The third-order valence-electron chi connectivity index (χ3n) is 2.89. The zero-order valence-corrected chi connectivity index (χ0v) is 11.2. The van der Waals surface area contributed by atoms with Gasteiger partial charge in [0.05, 0.1) is 0 Å². The molecule has 2 N–H and O–H groups in total. The Bertz CT molecular complexity index is 97.7. The number of hydrogen-bond donors (Lipinski definition) is 1. The molecule has 2 heteroatoms. The molecule has 1 saturated heterocycles. The third-order valence-corrected chi connectivity index (χ3v) is 2.89. The van der Waals surface area contributed by atoms with Crippen molar-refractivity contribution in [3.8, 4) is 0 Å². The van der Waals surface area contributed by atoms with Crippen LogP contribution >= 0.6 is 0 Å². The molecule has 0 saturated carbocycles. The Hall–Kier alpha value is -0.0800. The molecule has 0 unspecified atom stereocenters. The summed E-state index contributed by atoms with van der Waals surface area (Å²) in [6.45, 7) is 5.13. The standard InChI is InChI=1S/C10H23N.C4H8O/c1-2-3-4-5-6-7-8-9-10-11;1-2-4-5-3-1/h2-11H2,1H3;1-4H2. The van der Waals surface area contributed by atoms with Gasteiger partial charge >= 0.3 is 0 Å². The minimum Gasteiger partial charge on any atom is -0.381 e. The average molecular weight is 229 g/mol. The summed E-state index contributed by atoms with van der Waals surface area (Å²) in [6, 6.07) is 0. The molecule has 0 aliphatic carbocycles. The van der Waals surface area contributed by atoms with Crippen molar-refractivity contribution in [1.29, 1.82) is 0 Å². The highest BCUT2D eigenvalue weighted by atomic mass is 16.5. The maximum Gasteiger partial charge on any atom is 0.0466 e. The number of unbranched alkanes of at least 4 members (excludes halogenated alkanes) is 7. The van der Waals surface area contributed by atoms with Gasteiger partial charge in [-0.05, 0) is 25.8 Å². The Morgan fingerprint density at radius 2 is 1.31 bits per heavy atom. The molecule has 0 aromatic heterocycles. The van der Waals surface area contributed by atoms with Crippen molar-refractivity contribution in [2.24, 2.45) is 5.73 Å². The van der Waals surface area contributed by atoms with E-state index in [1.54, 1.807) is 0 Å². The predicted molar refractivity (Wildman–Crippen MR) is 71.7 cm³/mol. The van der Waals surface area contributed by atoms with Gasteiger partial charge in [0.1, 0.15) is 0 Å². The second-order valence-corrected chi connectivity index (χ2v) is 4.58. The summed E-state index contributed by atoms with van der Waals surface area (Å²) >= 11 is 0. The molecule has 1 aliphatic rings. The topological polar surface area (TPSA) is 35.2 Å². The Morgan fingerprint density at radius 1 is 0.812 bits per heavy atom. The van der Waals surface area contributed by atoms with Gasteiger partial charge in [-0.25, -0.2) is 0 Å². The Balaban J connectivity index is 0.000000368. The monoisotopic (exact) mass is 229 g/mol. The fourth-order valence-electron chi connectivity index (χ4n) is 1.79. The highest BCUT2D eigenvalue weighted by Crippen LogP contribution is 2.07. The molecule has 98 valence electrons. The summed E-state index contributed by atoms with van der Waals surface area (Å²) in [5.74, 6) is 0. The molecule has 0 aromatic rings. The Labute approximate surface area is 102 Å². The SMILES string of the molecule is C1CCOC1.CCCCCCCCCCN. The second kappa shape index (κ2) is 14.9. The first-order valence-corrected chi connectivity index (χ1v) is 7.19. The fraction of sp³-hybridized carbons (Fsp3) is 1.00. The van der Waals surface area contributed by atoms with Crippen LogP contribution in [0.5, 0.6) is 0 Å². The van der Waals surface area contributed by atoms with E-state index in [1.807, 2.05) is 0 Å². The summed E-state index contributed by atoms with van der Waals surface area (Å²) in [7, 11) is 0. The van der Waals surface area contributed by atoms with E-state index >= 15 is 0 Å². The van der Waals surface area contributed by atoms with Crippen molar-refractivity contribution in [2.45, 2.75) is 71.1 Å². The van der Waals surface area contributed by atoms with Crippen LogP contribution in [0.3, 0.4) is 0 Å². The molecule has 0 amide bonds. The highest BCUT2D eigenvalue weighted by Gasteiger charge is 1.94. The third kappa shape index (κ3) is 13.9. The maximum absolute atomic E-state index is 5.39. The highest BCUT2D eigenvalue weighted by molar-refractivity contribution is 4.45. The van der Waals surface area contributed by atoms with E-state index in [4.69, 9.17) is 10.5 Å². The van der Waals surface area contributed by atoms with E-state index in [0.717, 1.165) is 19.8 Å². The minimum absolute atomic E-state index is 0.870. The van der Waals surface area contributed by atoms with Gasteiger partial charge in [-0.15, -0.1) is 0 Å². The van der Waals surface area contributed by atoms with Gasteiger partial charge in [0.2, 0.25) is 0 Å². The van der Waals surface area contributed by atoms with Crippen LogP contribution in [0.2, 0.25) is 0 Å². The van der Waals surface area contributed by atoms with Crippen LogP contribution < -0.4 is 5.73 Å². The number of rotatable bonds is 8. The van der Waals surface area contributed by atoms with Crippen molar-refractivity contribution in [2.75, 3.05) is 19.8 Å². The van der Waals surface area contributed by atoms with Crippen molar-refractivity contribution in [3.05, 3.63) is 0 Å². The lowest BCUT2D eigenvalue weighted by Gasteiger charge is -1.99. The van der Waals surface area contributed by atoms with Crippen molar-refractivity contribution in [3.63, 3.8) is 0 Å². The molecule has 0 radical (unpaired) electrons. The van der Waals surface area contributed by atoms with E-state index in [9.17, 15) is 0 Å². The maximum atomic E-state index is 5.39. The summed E-state index contributed by atoms with van der Waals surface area (Å²) in [4.78, 5) is 0. The summed E-state index contributed by atoms with van der Waals surface area (Å²) in [5, 5.41) is 0. The summed E-state index contributed by atoms with van der Waals surface area (Å²) < 4.78 is 4.94. The fourth-order valence-corrected chi connectivity index (χ4v) is 1.79. The molecule has 0 bridgehead atoms. The second-order valence-electron chi connectivity index (χ2n) is 4.58. The molecule has 0 atom stereocenters. The zero-order valence-electron chi connectivity index (χ0n) is 11.2. The predicted octanol–water partition coefficient (Wildman–Crippen LogP) is 3.88. The average Bonchev–Trinajstić information content (AvgIpc) is 2.87. The first-order valence-electron chi connectivity index (χ1n) is 7.19. The molecule has 1 rings (SSSR count). The van der Waals surface area contributed by atoms with Gasteiger partial charge in [-0.1, -0.05) is 51.9 Å². The lowest BCUT2D eigenvalue weighted by atomic mass is 10.1. The minimum atomic E-state index is 0.870. The van der Waals surface area contributed by atoms with Crippen LogP contribution in [0.1, 0.15) is 71.1 Å². The molecule has 2 nitrogen and oxygen atoms in total. The summed E-state index contributed by atoms with van der Waals surface area (Å²) in [6.07, 6.45) is 13.5. The van der Waals surface area contributed by atoms with Crippen molar-refractivity contribution in [1.82, 2.24) is 0 Å². The van der Waals surface area contributed by atoms with Gasteiger partial charge in [0, 0.05) is 13.2 Å². The van der Waals surface area contributed by atoms with Gasteiger partial charge in [-0.2, -0.15) is 0 Å². The van der Waals surface area contributed by atoms with Crippen LogP contribution in [-0.2, 0) is 4.74 Å². The summed E-state index contributed by atoms with van der Waals surface area (Å²) in [5.41, 5.74) is 5.39. The van der Waals surface area contributed by atoms with Gasteiger partial charge in [-0.3, -0.25) is 0 Å². The number of nitrogens with two attached hydrogens (primary N) is 1. The molecule has 16 heavy (non-hydrogen) atoms. The van der Waals surface area contributed by atoms with E-state index in [1.165, 1.54) is 64.2 Å². The Morgan fingerprint density at radius 3 is 1.69 bits per heavy atom. The molecular formula is C14H31NO. The number of hydrogen-bond acceptors (Lipinski definition) is 2. The molecular weight excluding hydrogens is 198 g/mol. The van der Waals surface area contributed by atoms with Crippen LogP contribution in [0.4, 0.5) is 0 Å². The van der Waals surface area contributed by atoms with Crippen LogP contribution in [-0.4, -0.2) is 19.8 Å². The van der Waals surface area contributed by atoms with E-state index in [0.29, 0.717) is 0 Å². The van der Waals surface area contributed by atoms with Crippen molar-refractivity contribution >= 4 is 0 Å². The van der Waals surface area contributed by atoms with E-state index in [-0.39, 0.29) is 0 Å². The lowest BCUT2D eigenvalue weighted by molar-refractivity contribution is 0.198. The van der Waals surface area contributed by atoms with Crippen LogP contribution in [0.15, 0.2) is 0 Å². The smallest absolute Gasteiger partial charge is 0.0466 e. The molecule has 1 fully saturated rings. The molecule has 0 spiro atoms. The Kier molecular flexibility index (Phi) is 14.8. The van der Waals surface area contributed by atoms with Gasteiger partial charge in [0.25, 0.3) is 0 Å². The zero-order chi connectivity index (χ0) is 11.9. The van der Waals surface area contributed by atoms with Gasteiger partial charge < -0.3 is 10.5 Å². The molecule has 1 aliphatic heterocycles. The quantitative estimate of drug-likeness (QED) is 0.641. The van der Waals surface area contributed by atoms with Crippen LogP contribution in [0.25, 0.3) is 0 Å². The number of ether oxygens (including phenoxy) is 1.